The predicted molar refractivity (Wildman–Crippen MR) is 49.5 cm³/mol. The maximum atomic E-state index is 12.5. The molecule has 0 bridgehead atoms. The third-order valence-electron chi connectivity index (χ3n) is 2.03. The number of fused-ring (bicyclic) bond motifs is 1. The summed E-state index contributed by atoms with van der Waals surface area (Å²) in [6.45, 7) is 0. The van der Waals surface area contributed by atoms with E-state index in [-0.39, 0.29) is 11.1 Å². The number of nitrogens with one attached hydrogen (secondary N) is 1. The second-order valence-corrected chi connectivity index (χ2v) is 2.93. The first-order valence-corrected chi connectivity index (χ1v) is 4.08. The highest BCUT2D eigenvalue weighted by Gasteiger charge is 2.10. The van der Waals surface area contributed by atoms with Crippen molar-refractivity contribution in [1.82, 2.24) is 4.98 Å². The van der Waals surface area contributed by atoms with E-state index in [1.165, 1.54) is 24.3 Å². The monoisotopic (exact) mass is 195 g/mol. The molecule has 0 aliphatic heterocycles. The summed E-state index contributed by atoms with van der Waals surface area (Å²) in [5, 5.41) is 0.391. The molecule has 2 nitrogen and oxygen atoms in total. The Hall–Kier alpha value is -1.71. The molecule has 0 unspecified atom stereocenters. The molecule has 0 fully saturated rings. The summed E-state index contributed by atoms with van der Waals surface area (Å²) in [6, 6.07) is 7.11. The second-order valence-electron chi connectivity index (χ2n) is 2.93. The van der Waals surface area contributed by atoms with Crippen LogP contribution in [0, 0.1) is 0 Å². The lowest BCUT2D eigenvalue weighted by atomic mass is 10.1. The average molecular weight is 195 g/mol. The van der Waals surface area contributed by atoms with Crippen molar-refractivity contribution in [3.8, 4) is 0 Å². The molecule has 0 radical (unpaired) electrons. The maximum Gasteiger partial charge on any atom is 0.264 e. The number of alkyl halides is 2. The average Bonchev–Trinajstić information content (AvgIpc) is 2.16. The van der Waals surface area contributed by atoms with Gasteiger partial charge < -0.3 is 4.98 Å². The van der Waals surface area contributed by atoms with Gasteiger partial charge in [0.2, 0.25) is 5.56 Å². The number of hydrogen-bond acceptors (Lipinski definition) is 1. The minimum Gasteiger partial charge on any atom is -0.322 e. The molecule has 14 heavy (non-hydrogen) atoms. The first-order valence-electron chi connectivity index (χ1n) is 4.08. The van der Waals surface area contributed by atoms with Crippen molar-refractivity contribution < 1.29 is 8.78 Å². The van der Waals surface area contributed by atoms with Gasteiger partial charge in [-0.05, 0) is 12.1 Å². The Labute approximate surface area is 78.2 Å². The number of aromatic amines is 1. The fourth-order valence-corrected chi connectivity index (χ4v) is 1.40. The Morgan fingerprint density at radius 3 is 2.64 bits per heavy atom. The van der Waals surface area contributed by atoms with E-state index in [1.807, 2.05) is 0 Å². The van der Waals surface area contributed by atoms with E-state index in [0.29, 0.717) is 10.9 Å². The minimum atomic E-state index is -2.52. The van der Waals surface area contributed by atoms with Crippen molar-refractivity contribution in [3.05, 3.63) is 46.2 Å². The summed E-state index contributed by atoms with van der Waals surface area (Å²) >= 11 is 0. The van der Waals surface area contributed by atoms with Gasteiger partial charge in [0.05, 0.1) is 0 Å². The first-order chi connectivity index (χ1) is 6.68. The molecule has 2 rings (SSSR count). The van der Waals surface area contributed by atoms with Gasteiger partial charge >= 0.3 is 0 Å². The van der Waals surface area contributed by atoms with Crippen LogP contribution >= 0.6 is 0 Å². The van der Waals surface area contributed by atoms with E-state index in [9.17, 15) is 13.6 Å². The fourth-order valence-electron chi connectivity index (χ4n) is 1.40. The molecule has 72 valence electrons. The van der Waals surface area contributed by atoms with Crippen LogP contribution in [0.3, 0.4) is 0 Å². The van der Waals surface area contributed by atoms with Gasteiger partial charge in [0.1, 0.15) is 0 Å². The van der Waals surface area contributed by atoms with E-state index < -0.39 is 6.43 Å². The van der Waals surface area contributed by atoms with Crippen molar-refractivity contribution >= 4 is 10.9 Å². The Bertz CT molecular complexity index is 519. The van der Waals surface area contributed by atoms with Crippen molar-refractivity contribution in [2.45, 2.75) is 6.43 Å². The quantitative estimate of drug-likeness (QED) is 0.744. The summed E-state index contributed by atoms with van der Waals surface area (Å²) in [4.78, 5) is 13.4. The fraction of sp³-hybridized carbons (Fsp3) is 0.100. The van der Waals surface area contributed by atoms with Crippen LogP contribution in [0.15, 0.2) is 35.1 Å². The molecule has 0 amide bonds. The zero-order valence-corrected chi connectivity index (χ0v) is 7.13. The molecular formula is C10H7F2NO. The summed E-state index contributed by atoms with van der Waals surface area (Å²) in [5.41, 5.74) is 0.0953. The zero-order chi connectivity index (χ0) is 10.1. The molecule has 0 aliphatic carbocycles. The van der Waals surface area contributed by atoms with E-state index in [1.54, 1.807) is 6.07 Å². The van der Waals surface area contributed by atoms with Gasteiger partial charge in [0.15, 0.2) is 0 Å². The molecule has 1 aromatic carbocycles. The Kier molecular flexibility index (Phi) is 2.04. The van der Waals surface area contributed by atoms with E-state index in [0.717, 1.165) is 0 Å². The van der Waals surface area contributed by atoms with Gasteiger partial charge in [-0.15, -0.1) is 0 Å². The van der Waals surface area contributed by atoms with Crippen molar-refractivity contribution in [3.63, 3.8) is 0 Å². The number of aromatic nitrogens is 1. The number of rotatable bonds is 1. The van der Waals surface area contributed by atoms with Crippen LogP contribution in [-0.2, 0) is 0 Å². The molecule has 4 heteroatoms. The number of benzene rings is 1. The standard InChI is InChI=1S/C10H7F2NO/c11-10(12)7-2-1-3-8-6(7)4-5-9(14)13-8/h1-5,10H,(H,13,14). The van der Waals surface area contributed by atoms with Gasteiger partial charge in [-0.3, -0.25) is 4.79 Å². The third-order valence-corrected chi connectivity index (χ3v) is 2.03. The predicted octanol–water partition coefficient (Wildman–Crippen LogP) is 2.47. The largest absolute Gasteiger partial charge is 0.322 e. The Morgan fingerprint density at radius 2 is 1.93 bits per heavy atom. The first kappa shape index (κ1) is 8.87. The lowest BCUT2D eigenvalue weighted by Gasteiger charge is -2.03. The van der Waals surface area contributed by atoms with Gasteiger partial charge in [-0.2, -0.15) is 0 Å². The third kappa shape index (κ3) is 1.39. The van der Waals surface area contributed by atoms with Crippen molar-refractivity contribution in [2.24, 2.45) is 0 Å². The molecule has 1 N–H and O–H groups in total. The molecule has 0 atom stereocenters. The van der Waals surface area contributed by atoms with Crippen molar-refractivity contribution in [2.75, 3.05) is 0 Å². The Balaban J connectivity index is 2.81. The van der Waals surface area contributed by atoms with Crippen LogP contribution in [0.2, 0.25) is 0 Å². The van der Waals surface area contributed by atoms with Crippen LogP contribution in [0.1, 0.15) is 12.0 Å². The molecule has 2 aromatic rings. The summed E-state index contributed by atoms with van der Waals surface area (Å²) < 4.78 is 25.0. The number of pyridine rings is 1. The lowest BCUT2D eigenvalue weighted by molar-refractivity contribution is 0.153. The highest BCUT2D eigenvalue weighted by atomic mass is 19.3. The Morgan fingerprint density at radius 1 is 1.14 bits per heavy atom. The molecule has 1 aromatic heterocycles. The molecular weight excluding hydrogens is 188 g/mol. The number of halogens is 2. The number of H-pyrrole nitrogens is 1. The molecule has 0 saturated heterocycles. The van der Waals surface area contributed by atoms with E-state index >= 15 is 0 Å². The van der Waals surface area contributed by atoms with Gasteiger partial charge in [-0.1, -0.05) is 12.1 Å². The number of hydrogen-bond donors (Lipinski definition) is 1. The molecule has 0 saturated carbocycles. The van der Waals surface area contributed by atoms with Gasteiger partial charge in [0.25, 0.3) is 6.43 Å². The topological polar surface area (TPSA) is 32.9 Å². The lowest BCUT2D eigenvalue weighted by Crippen LogP contribution is -2.03. The molecule has 0 spiro atoms. The van der Waals surface area contributed by atoms with Crippen LogP contribution < -0.4 is 5.56 Å². The maximum absolute atomic E-state index is 12.5. The SMILES string of the molecule is O=c1ccc2c(C(F)F)cccc2[nH]1. The summed E-state index contributed by atoms with van der Waals surface area (Å²) in [7, 11) is 0. The zero-order valence-electron chi connectivity index (χ0n) is 7.13. The van der Waals surface area contributed by atoms with E-state index in [4.69, 9.17) is 0 Å². The summed E-state index contributed by atoms with van der Waals surface area (Å²) in [6.07, 6.45) is -2.52. The molecule has 0 aliphatic rings. The van der Waals surface area contributed by atoms with Crippen molar-refractivity contribution in [1.29, 1.82) is 0 Å². The summed E-state index contributed by atoms with van der Waals surface area (Å²) in [5.74, 6) is 0. The van der Waals surface area contributed by atoms with Crippen LogP contribution in [0.5, 0.6) is 0 Å². The smallest absolute Gasteiger partial charge is 0.264 e. The normalized spacial score (nSPS) is 11.1. The van der Waals surface area contributed by atoms with Crippen LogP contribution in [-0.4, -0.2) is 4.98 Å². The minimum absolute atomic E-state index is 0.0567. The van der Waals surface area contributed by atoms with E-state index in [2.05, 4.69) is 4.98 Å². The van der Waals surface area contributed by atoms with Crippen LogP contribution in [0.25, 0.3) is 10.9 Å². The highest BCUT2D eigenvalue weighted by Crippen LogP contribution is 2.25. The van der Waals surface area contributed by atoms with Gasteiger partial charge in [-0.25, -0.2) is 8.78 Å². The van der Waals surface area contributed by atoms with Crippen LogP contribution in [0.4, 0.5) is 8.78 Å². The van der Waals surface area contributed by atoms with Gasteiger partial charge in [0, 0.05) is 22.5 Å². The second kappa shape index (κ2) is 3.21. The highest BCUT2D eigenvalue weighted by molar-refractivity contribution is 5.82. The molecule has 1 heterocycles.